The van der Waals surface area contributed by atoms with Crippen molar-refractivity contribution >= 4 is 5.91 Å². The van der Waals surface area contributed by atoms with Crippen molar-refractivity contribution < 1.29 is 13.6 Å². The van der Waals surface area contributed by atoms with Gasteiger partial charge in [0.2, 0.25) is 0 Å². The number of carbonyl (C=O) groups is 1. The lowest BCUT2D eigenvalue weighted by Gasteiger charge is -2.19. The molecule has 1 fully saturated rings. The molecule has 2 atom stereocenters. The van der Waals surface area contributed by atoms with Gasteiger partial charge < -0.3 is 10.2 Å². The average molecular weight is 344 g/mol. The molecule has 2 aromatic rings. The Hall–Kier alpha value is -2.27. The van der Waals surface area contributed by atoms with Crippen LogP contribution in [-0.4, -0.2) is 30.4 Å². The third-order valence-corrected chi connectivity index (χ3v) is 4.74. The topological polar surface area (TPSA) is 32.3 Å². The highest BCUT2D eigenvalue weighted by atomic mass is 19.1. The molecular formula is C20H22F2N2O. The van der Waals surface area contributed by atoms with E-state index in [1.807, 2.05) is 42.2 Å². The predicted octanol–water partition coefficient (Wildman–Crippen LogP) is 3.78. The second-order valence-electron chi connectivity index (χ2n) is 6.57. The molecule has 0 bridgehead atoms. The van der Waals surface area contributed by atoms with Gasteiger partial charge in [-0.2, -0.15) is 0 Å². The van der Waals surface area contributed by atoms with E-state index in [0.717, 1.165) is 19.0 Å². The van der Waals surface area contributed by atoms with E-state index in [4.69, 9.17) is 0 Å². The van der Waals surface area contributed by atoms with Crippen LogP contribution in [0.4, 0.5) is 8.78 Å². The molecule has 25 heavy (non-hydrogen) atoms. The first-order valence-corrected chi connectivity index (χ1v) is 8.57. The molecule has 0 radical (unpaired) electrons. The predicted molar refractivity (Wildman–Crippen MR) is 93.2 cm³/mol. The summed E-state index contributed by atoms with van der Waals surface area (Å²) >= 11 is 0. The van der Waals surface area contributed by atoms with E-state index in [-0.39, 0.29) is 11.9 Å². The van der Waals surface area contributed by atoms with E-state index in [2.05, 4.69) is 5.32 Å². The molecule has 0 unspecified atom stereocenters. The molecule has 1 amide bonds. The van der Waals surface area contributed by atoms with Gasteiger partial charge in [-0.3, -0.25) is 4.79 Å². The second-order valence-corrected chi connectivity index (χ2v) is 6.57. The Bertz CT molecular complexity index is 736. The highest BCUT2D eigenvalue weighted by Crippen LogP contribution is 2.21. The molecule has 3 nitrogen and oxygen atoms in total. The van der Waals surface area contributed by atoms with Crippen LogP contribution < -0.4 is 5.32 Å². The smallest absolute Gasteiger partial charge is 0.253 e. The number of nitrogens with zero attached hydrogens (tertiary/aromatic N) is 1. The zero-order valence-electron chi connectivity index (χ0n) is 14.2. The van der Waals surface area contributed by atoms with Crippen molar-refractivity contribution in [3.05, 3.63) is 71.3 Å². The monoisotopic (exact) mass is 344 g/mol. The molecule has 3 rings (SSSR count). The van der Waals surface area contributed by atoms with Gasteiger partial charge in [0.25, 0.3) is 5.91 Å². The van der Waals surface area contributed by atoms with E-state index in [0.29, 0.717) is 30.1 Å². The van der Waals surface area contributed by atoms with Gasteiger partial charge in [0.15, 0.2) is 0 Å². The third-order valence-electron chi connectivity index (χ3n) is 4.74. The van der Waals surface area contributed by atoms with Crippen LogP contribution in [0, 0.1) is 17.6 Å². The summed E-state index contributed by atoms with van der Waals surface area (Å²) in [5.41, 5.74) is 1.16. The molecule has 1 aliphatic rings. The number of hydrogen-bond donors (Lipinski definition) is 1. The van der Waals surface area contributed by atoms with Gasteiger partial charge in [-0.25, -0.2) is 8.78 Å². The lowest BCUT2D eigenvalue weighted by atomic mass is 10.1. The Morgan fingerprint density at radius 3 is 2.72 bits per heavy atom. The van der Waals surface area contributed by atoms with Crippen molar-refractivity contribution in [3.63, 3.8) is 0 Å². The first-order chi connectivity index (χ1) is 12.0. The minimum atomic E-state index is -0.570. The molecule has 0 spiro atoms. The Kier molecular flexibility index (Phi) is 5.43. The first kappa shape index (κ1) is 17.5. The summed E-state index contributed by atoms with van der Waals surface area (Å²) in [7, 11) is 0. The van der Waals surface area contributed by atoms with Gasteiger partial charge >= 0.3 is 0 Å². The van der Waals surface area contributed by atoms with Gasteiger partial charge in [0, 0.05) is 42.9 Å². The lowest BCUT2D eigenvalue weighted by molar-refractivity contribution is 0.0787. The van der Waals surface area contributed by atoms with Crippen LogP contribution in [0.1, 0.15) is 35.3 Å². The van der Waals surface area contributed by atoms with E-state index in [1.54, 1.807) is 0 Å². The van der Waals surface area contributed by atoms with Crippen LogP contribution in [0.15, 0.2) is 48.5 Å². The zero-order valence-corrected chi connectivity index (χ0v) is 14.2. The fourth-order valence-electron chi connectivity index (χ4n) is 3.25. The van der Waals surface area contributed by atoms with Crippen molar-refractivity contribution in [3.8, 4) is 0 Å². The summed E-state index contributed by atoms with van der Waals surface area (Å²) < 4.78 is 26.8. The Morgan fingerprint density at radius 2 is 2.00 bits per heavy atom. The molecule has 1 aliphatic heterocycles. The van der Waals surface area contributed by atoms with Gasteiger partial charge in [-0.1, -0.05) is 24.3 Å². The maximum Gasteiger partial charge on any atom is 0.253 e. The summed E-state index contributed by atoms with van der Waals surface area (Å²) in [6.45, 7) is 3.98. The molecule has 1 saturated heterocycles. The fraction of sp³-hybridized carbons (Fsp3) is 0.350. The largest absolute Gasteiger partial charge is 0.338 e. The van der Waals surface area contributed by atoms with Crippen LogP contribution in [0.25, 0.3) is 0 Å². The number of halogens is 2. The molecule has 1 heterocycles. The van der Waals surface area contributed by atoms with Gasteiger partial charge in [0.1, 0.15) is 11.6 Å². The SMILES string of the molecule is C[C@H](NC[C@@H]1CCN(C(=O)c2ccccc2)C1)c1ccc(F)cc1F. The standard InChI is InChI=1S/C20H22F2N2O/c1-14(18-8-7-17(21)11-19(18)22)23-12-15-9-10-24(13-15)20(25)16-5-3-2-4-6-16/h2-8,11,14-15,23H,9-10,12-13H2,1H3/t14-,15-/m0/s1. The average Bonchev–Trinajstić information content (AvgIpc) is 3.09. The third kappa shape index (κ3) is 4.23. The minimum absolute atomic E-state index is 0.0562. The van der Waals surface area contributed by atoms with Crippen molar-refractivity contribution in [2.75, 3.05) is 19.6 Å². The van der Waals surface area contributed by atoms with Crippen LogP contribution in [0.2, 0.25) is 0 Å². The maximum absolute atomic E-state index is 13.8. The minimum Gasteiger partial charge on any atom is -0.338 e. The van der Waals surface area contributed by atoms with E-state index in [1.165, 1.54) is 12.1 Å². The first-order valence-electron chi connectivity index (χ1n) is 8.57. The van der Waals surface area contributed by atoms with Crippen molar-refractivity contribution in [2.24, 2.45) is 5.92 Å². The van der Waals surface area contributed by atoms with Crippen LogP contribution in [-0.2, 0) is 0 Å². The molecule has 0 saturated carbocycles. The highest BCUT2D eigenvalue weighted by Gasteiger charge is 2.27. The van der Waals surface area contributed by atoms with Gasteiger partial charge in [-0.05, 0) is 37.5 Å². The highest BCUT2D eigenvalue weighted by molar-refractivity contribution is 5.94. The fourth-order valence-corrected chi connectivity index (χ4v) is 3.25. The summed E-state index contributed by atoms with van der Waals surface area (Å²) in [4.78, 5) is 14.3. The molecule has 1 N–H and O–H groups in total. The Balaban J connectivity index is 1.52. The number of rotatable bonds is 5. The summed E-state index contributed by atoms with van der Waals surface area (Å²) in [6, 6.07) is 12.7. The van der Waals surface area contributed by atoms with Crippen LogP contribution in [0.5, 0.6) is 0 Å². The molecular weight excluding hydrogens is 322 g/mol. The zero-order chi connectivity index (χ0) is 17.8. The molecule has 2 aromatic carbocycles. The summed E-state index contributed by atoms with van der Waals surface area (Å²) in [5.74, 6) is -0.717. The van der Waals surface area contributed by atoms with E-state index in [9.17, 15) is 13.6 Å². The van der Waals surface area contributed by atoms with E-state index < -0.39 is 11.6 Å². The quantitative estimate of drug-likeness (QED) is 0.895. The van der Waals surface area contributed by atoms with Gasteiger partial charge in [0.05, 0.1) is 0 Å². The van der Waals surface area contributed by atoms with Crippen molar-refractivity contribution in [1.29, 1.82) is 0 Å². The number of benzene rings is 2. The maximum atomic E-state index is 13.8. The Labute approximate surface area is 146 Å². The van der Waals surface area contributed by atoms with Crippen LogP contribution in [0.3, 0.4) is 0 Å². The molecule has 0 aromatic heterocycles. The molecule has 5 heteroatoms. The molecule has 132 valence electrons. The second kappa shape index (κ2) is 7.74. The summed E-state index contributed by atoms with van der Waals surface area (Å²) in [5, 5.41) is 3.30. The van der Waals surface area contributed by atoms with Crippen LogP contribution >= 0.6 is 0 Å². The normalized spacial score (nSPS) is 18.4. The Morgan fingerprint density at radius 1 is 1.24 bits per heavy atom. The van der Waals surface area contributed by atoms with E-state index >= 15 is 0 Å². The lowest BCUT2D eigenvalue weighted by Crippen LogP contribution is -2.31. The number of carbonyl (C=O) groups excluding carboxylic acids is 1. The number of nitrogens with one attached hydrogen (secondary N) is 1. The van der Waals surface area contributed by atoms with Crippen molar-refractivity contribution in [2.45, 2.75) is 19.4 Å². The summed E-state index contributed by atoms with van der Waals surface area (Å²) in [6.07, 6.45) is 0.921. The number of amides is 1. The number of hydrogen-bond acceptors (Lipinski definition) is 2. The number of likely N-dealkylation sites (tertiary alicyclic amines) is 1. The van der Waals surface area contributed by atoms with Crippen molar-refractivity contribution in [1.82, 2.24) is 10.2 Å². The molecule has 0 aliphatic carbocycles. The van der Waals surface area contributed by atoms with Gasteiger partial charge in [-0.15, -0.1) is 0 Å².